The van der Waals surface area contributed by atoms with Gasteiger partial charge in [0.1, 0.15) is 0 Å². The number of benzene rings is 4. The van der Waals surface area contributed by atoms with Gasteiger partial charge in [-0.05, 0) is 77.9 Å². The predicted octanol–water partition coefficient (Wildman–Crippen LogP) is 6.51. The van der Waals surface area contributed by atoms with Crippen LogP contribution in [0, 0.1) is 0 Å². The van der Waals surface area contributed by atoms with Crippen LogP contribution in [-0.4, -0.2) is 60.8 Å². The molecule has 0 aromatic heterocycles. The van der Waals surface area contributed by atoms with E-state index in [0.717, 1.165) is 65.7 Å². The van der Waals surface area contributed by atoms with Crippen LogP contribution in [0.5, 0.6) is 0 Å². The minimum Gasteiger partial charge on any atom is -0.397 e. The van der Waals surface area contributed by atoms with Crippen molar-refractivity contribution in [3.63, 3.8) is 0 Å². The molecule has 52 heavy (non-hydrogen) atoms. The highest BCUT2D eigenvalue weighted by molar-refractivity contribution is 5.94. The number of anilines is 2. The lowest BCUT2D eigenvalue weighted by atomic mass is 9.98. The van der Waals surface area contributed by atoms with E-state index in [1.165, 1.54) is 0 Å². The van der Waals surface area contributed by atoms with Crippen molar-refractivity contribution in [3.05, 3.63) is 119 Å². The Morgan fingerprint density at radius 2 is 1.65 bits per heavy atom. The summed E-state index contributed by atoms with van der Waals surface area (Å²) in [4.78, 5) is 27.4. The van der Waals surface area contributed by atoms with E-state index in [9.17, 15) is 14.7 Å². The second kappa shape index (κ2) is 18.3. The van der Waals surface area contributed by atoms with Gasteiger partial charge in [-0.2, -0.15) is 0 Å². The van der Waals surface area contributed by atoms with E-state index < -0.39 is 6.29 Å². The van der Waals surface area contributed by atoms with Crippen molar-refractivity contribution in [2.45, 2.75) is 76.2 Å². The maximum absolute atomic E-state index is 12.6. The number of aliphatic hydroxyl groups is 1. The Bertz CT molecular complexity index is 1780. The van der Waals surface area contributed by atoms with Gasteiger partial charge in [0.15, 0.2) is 6.29 Å². The van der Waals surface area contributed by atoms with Crippen molar-refractivity contribution in [2.24, 2.45) is 0 Å². The molecule has 0 bridgehead atoms. The van der Waals surface area contributed by atoms with Crippen molar-refractivity contribution in [1.82, 2.24) is 10.2 Å². The van der Waals surface area contributed by atoms with Crippen LogP contribution in [0.25, 0.3) is 11.1 Å². The molecule has 4 atom stereocenters. The minimum absolute atomic E-state index is 0.00256. The number of nitrogens with zero attached hydrogens (tertiary/aromatic N) is 1. The molecule has 2 amide bonds. The van der Waals surface area contributed by atoms with Crippen molar-refractivity contribution in [3.8, 4) is 11.1 Å². The van der Waals surface area contributed by atoms with Gasteiger partial charge in [-0.25, -0.2) is 0 Å². The largest absolute Gasteiger partial charge is 0.397 e. The van der Waals surface area contributed by atoms with Crippen molar-refractivity contribution >= 4 is 23.2 Å². The Morgan fingerprint density at radius 1 is 0.885 bits per heavy atom. The maximum Gasteiger partial charge on any atom is 0.224 e. The number of ether oxygens (including phenoxy) is 3. The molecule has 2 aliphatic heterocycles. The summed E-state index contributed by atoms with van der Waals surface area (Å²) in [5, 5.41) is 15.4. The lowest BCUT2D eigenvalue weighted by Gasteiger charge is -2.39. The third-order valence-corrected chi connectivity index (χ3v) is 9.86. The standard InChI is InChI=1S/C42H50N4O6/c1-50-28-35-12-7-21-46(35)26-36-24-39(31-19-17-29(27-47)18-20-31)52-42(51-36)34-11-5-10-33(23-34)32-9-4-8-30(22-32)25-44-40(48)15-6-16-41(49)45-38-14-3-2-13-37(38)43/h2-5,8-11,13-14,17-20,22-23,35-36,39,42,47H,6-7,12,15-16,21,24-28,43H2,1H3,(H,44,48)(H,45,49)/t35-,36-,39+,42+/m0/s1. The first-order valence-electron chi connectivity index (χ1n) is 18.2. The topological polar surface area (TPSA) is 135 Å². The van der Waals surface area contributed by atoms with E-state index in [1.54, 1.807) is 19.2 Å². The Hall–Kier alpha value is -4.58. The zero-order valence-electron chi connectivity index (χ0n) is 29.8. The summed E-state index contributed by atoms with van der Waals surface area (Å²) in [6, 6.07) is 31.9. The molecule has 0 radical (unpaired) electrons. The summed E-state index contributed by atoms with van der Waals surface area (Å²) in [5.41, 5.74) is 12.9. The second-order valence-electron chi connectivity index (χ2n) is 13.7. The number of carbonyl (C=O) groups is 2. The molecule has 0 unspecified atom stereocenters. The number of methoxy groups -OCH3 is 1. The Kier molecular flexibility index (Phi) is 13.1. The average molecular weight is 707 g/mol. The highest BCUT2D eigenvalue weighted by Crippen LogP contribution is 2.39. The molecule has 2 aliphatic rings. The second-order valence-corrected chi connectivity index (χ2v) is 13.7. The van der Waals surface area contributed by atoms with Gasteiger partial charge in [0, 0.05) is 51.1 Å². The highest BCUT2D eigenvalue weighted by Gasteiger charge is 2.35. The van der Waals surface area contributed by atoms with E-state index in [4.69, 9.17) is 19.9 Å². The summed E-state index contributed by atoms with van der Waals surface area (Å²) in [5.74, 6) is -0.279. The van der Waals surface area contributed by atoms with Gasteiger partial charge < -0.3 is 35.7 Å². The van der Waals surface area contributed by atoms with E-state index in [1.807, 2.05) is 60.7 Å². The van der Waals surface area contributed by atoms with E-state index in [2.05, 4.69) is 39.8 Å². The molecule has 6 rings (SSSR count). The summed E-state index contributed by atoms with van der Waals surface area (Å²) in [7, 11) is 1.76. The number of likely N-dealkylation sites (tertiary alicyclic amines) is 1. The normalized spacial score (nSPS) is 20.4. The molecule has 4 aromatic rings. The minimum atomic E-state index is -0.556. The molecule has 0 aliphatic carbocycles. The van der Waals surface area contributed by atoms with Crippen LogP contribution in [0.4, 0.5) is 11.4 Å². The lowest BCUT2D eigenvalue weighted by Crippen LogP contribution is -2.42. The van der Waals surface area contributed by atoms with Crippen molar-refractivity contribution in [2.75, 3.05) is 37.9 Å². The van der Waals surface area contributed by atoms with Crippen LogP contribution in [-0.2, 0) is 37.0 Å². The number of nitrogen functional groups attached to an aromatic ring is 1. The van der Waals surface area contributed by atoms with Gasteiger partial charge in [-0.15, -0.1) is 0 Å². The lowest BCUT2D eigenvalue weighted by molar-refractivity contribution is -0.253. The van der Waals surface area contributed by atoms with Gasteiger partial charge in [0.2, 0.25) is 11.8 Å². The molecule has 10 heteroatoms. The van der Waals surface area contributed by atoms with Crippen LogP contribution in [0.1, 0.15) is 73.2 Å². The number of amides is 2. The molecule has 5 N–H and O–H groups in total. The SMILES string of the molecule is COC[C@@H]1CCCN1C[C@@H]1C[C@H](c2ccc(CO)cc2)O[C@H](c2cccc(-c3cccc(CNC(=O)CCCC(=O)Nc4ccccc4N)c3)c2)O1. The predicted molar refractivity (Wildman–Crippen MR) is 202 cm³/mol. The summed E-state index contributed by atoms with van der Waals surface area (Å²) in [6.45, 7) is 2.94. The highest BCUT2D eigenvalue weighted by atomic mass is 16.7. The Balaban J connectivity index is 1.08. The molecule has 274 valence electrons. The van der Waals surface area contributed by atoms with Gasteiger partial charge in [0.05, 0.1) is 36.8 Å². The quantitative estimate of drug-likeness (QED) is 0.103. The third kappa shape index (κ3) is 10.1. The van der Waals surface area contributed by atoms with Crippen LogP contribution < -0.4 is 16.4 Å². The summed E-state index contributed by atoms with van der Waals surface area (Å²) in [6.07, 6.45) is 3.17. The number of hydrogen-bond acceptors (Lipinski definition) is 8. The van der Waals surface area contributed by atoms with Crippen molar-refractivity contribution in [1.29, 1.82) is 0 Å². The number of nitrogens with one attached hydrogen (secondary N) is 2. The molecule has 2 saturated heterocycles. The molecule has 0 saturated carbocycles. The summed E-state index contributed by atoms with van der Waals surface area (Å²) >= 11 is 0. The number of rotatable bonds is 15. The van der Waals surface area contributed by atoms with Crippen molar-refractivity contribution < 1.29 is 28.9 Å². The zero-order chi connectivity index (χ0) is 36.3. The summed E-state index contributed by atoms with van der Waals surface area (Å²) < 4.78 is 18.9. The average Bonchev–Trinajstić information content (AvgIpc) is 3.61. The van der Waals surface area contributed by atoms with Gasteiger partial charge >= 0.3 is 0 Å². The fourth-order valence-corrected chi connectivity index (χ4v) is 7.06. The third-order valence-electron chi connectivity index (χ3n) is 9.86. The fraction of sp³-hybridized carbons (Fsp3) is 0.381. The molecule has 0 spiro atoms. The van der Waals surface area contributed by atoms with Gasteiger partial charge in [0.25, 0.3) is 0 Å². The molecule has 4 aromatic carbocycles. The first-order valence-corrected chi connectivity index (χ1v) is 18.2. The van der Waals surface area contributed by atoms with Crippen LogP contribution >= 0.6 is 0 Å². The zero-order valence-corrected chi connectivity index (χ0v) is 29.8. The Morgan fingerprint density at radius 3 is 2.44 bits per heavy atom. The van der Waals surface area contributed by atoms with Crippen LogP contribution in [0.3, 0.4) is 0 Å². The first kappa shape index (κ1) is 37.2. The Labute approximate surface area is 306 Å². The van der Waals surface area contributed by atoms with E-state index in [0.29, 0.717) is 37.0 Å². The van der Waals surface area contributed by atoms with E-state index in [-0.39, 0.29) is 43.5 Å². The number of para-hydroxylation sites is 2. The fourth-order valence-electron chi connectivity index (χ4n) is 7.06. The maximum atomic E-state index is 12.6. The molecule has 2 fully saturated rings. The number of nitrogens with two attached hydrogens (primary N) is 1. The van der Waals surface area contributed by atoms with Gasteiger partial charge in [-0.1, -0.05) is 72.8 Å². The number of carbonyl (C=O) groups excluding carboxylic acids is 2. The molecule has 2 heterocycles. The molecule has 10 nitrogen and oxygen atoms in total. The smallest absolute Gasteiger partial charge is 0.224 e. The number of hydrogen-bond donors (Lipinski definition) is 4. The van der Waals surface area contributed by atoms with Crippen LogP contribution in [0.2, 0.25) is 0 Å². The van der Waals surface area contributed by atoms with Crippen LogP contribution in [0.15, 0.2) is 97.1 Å². The van der Waals surface area contributed by atoms with E-state index >= 15 is 0 Å². The number of aliphatic hydroxyl groups excluding tert-OH is 1. The molecular formula is C42H50N4O6. The van der Waals surface area contributed by atoms with Gasteiger partial charge in [-0.3, -0.25) is 14.5 Å². The first-order chi connectivity index (χ1) is 25.4. The monoisotopic (exact) mass is 706 g/mol. The molecular weight excluding hydrogens is 656 g/mol.